The Morgan fingerprint density at radius 2 is 2.00 bits per heavy atom. The van der Waals surface area contributed by atoms with Crippen molar-refractivity contribution in [2.45, 2.75) is 26.3 Å². The van der Waals surface area contributed by atoms with Crippen LogP contribution in [0.1, 0.15) is 23.1 Å². The van der Waals surface area contributed by atoms with Gasteiger partial charge >= 0.3 is 0 Å². The lowest BCUT2D eigenvalue weighted by Crippen LogP contribution is -2.42. The van der Waals surface area contributed by atoms with Gasteiger partial charge in [-0.25, -0.2) is 0 Å². The highest BCUT2D eigenvalue weighted by molar-refractivity contribution is 7.80. The summed E-state index contributed by atoms with van der Waals surface area (Å²) in [6, 6.07) is 17.0. The topological polar surface area (TPSA) is 15.3 Å². The van der Waals surface area contributed by atoms with Gasteiger partial charge in [-0.15, -0.1) is 0 Å². The first-order valence-corrected chi connectivity index (χ1v) is 7.84. The fraction of sp³-hybridized carbons (Fsp3) is 0.278. The molecule has 0 radical (unpaired) electrons. The first-order valence-electron chi connectivity index (χ1n) is 7.43. The van der Waals surface area contributed by atoms with Crippen LogP contribution in [0.25, 0.3) is 0 Å². The lowest BCUT2D eigenvalue weighted by Gasteiger charge is -2.32. The minimum absolute atomic E-state index is 0.775. The van der Waals surface area contributed by atoms with Gasteiger partial charge in [0.05, 0.1) is 0 Å². The first kappa shape index (κ1) is 14.1. The molecular formula is C18H20N2S. The molecule has 0 atom stereocenters. The zero-order valence-corrected chi connectivity index (χ0v) is 13.1. The van der Waals surface area contributed by atoms with E-state index in [9.17, 15) is 0 Å². The van der Waals surface area contributed by atoms with Crippen LogP contribution in [0.2, 0.25) is 0 Å². The molecule has 0 bridgehead atoms. The number of rotatable bonds is 2. The largest absolute Gasteiger partial charge is 0.358 e. The monoisotopic (exact) mass is 296 g/mol. The number of hydrogen-bond acceptors (Lipinski definition) is 1. The molecule has 3 rings (SSSR count). The summed E-state index contributed by atoms with van der Waals surface area (Å²) in [7, 11) is 0. The summed E-state index contributed by atoms with van der Waals surface area (Å²) >= 11 is 5.60. The molecule has 2 nitrogen and oxygen atoms in total. The number of thiocarbonyl (C=S) groups is 1. The van der Waals surface area contributed by atoms with E-state index in [0.717, 1.165) is 31.0 Å². The first-order chi connectivity index (χ1) is 10.2. The molecule has 0 fully saturated rings. The molecule has 0 saturated carbocycles. The van der Waals surface area contributed by atoms with Gasteiger partial charge in [0.15, 0.2) is 5.11 Å². The molecule has 1 heterocycles. The molecule has 0 spiro atoms. The Bertz CT molecular complexity index is 637. The van der Waals surface area contributed by atoms with E-state index in [-0.39, 0.29) is 0 Å². The number of anilines is 1. The van der Waals surface area contributed by atoms with Crippen molar-refractivity contribution < 1.29 is 0 Å². The van der Waals surface area contributed by atoms with Crippen molar-refractivity contribution in [2.75, 3.05) is 11.4 Å². The number of benzene rings is 2. The van der Waals surface area contributed by atoms with Crippen LogP contribution in [-0.2, 0) is 13.0 Å². The molecule has 2 aromatic rings. The van der Waals surface area contributed by atoms with E-state index < -0.39 is 0 Å². The summed E-state index contributed by atoms with van der Waals surface area (Å²) in [6.07, 6.45) is 2.30. The molecule has 0 saturated heterocycles. The van der Waals surface area contributed by atoms with Crippen LogP contribution in [0.15, 0.2) is 48.5 Å². The van der Waals surface area contributed by atoms with Crippen molar-refractivity contribution in [1.29, 1.82) is 0 Å². The summed E-state index contributed by atoms with van der Waals surface area (Å²) in [5, 5.41) is 4.20. The van der Waals surface area contributed by atoms with Crippen molar-refractivity contribution in [1.82, 2.24) is 5.32 Å². The molecule has 1 aliphatic heterocycles. The predicted molar refractivity (Wildman–Crippen MR) is 92.7 cm³/mol. The highest BCUT2D eigenvalue weighted by Gasteiger charge is 2.19. The van der Waals surface area contributed by atoms with Gasteiger partial charge in [0, 0.05) is 18.8 Å². The summed E-state index contributed by atoms with van der Waals surface area (Å²) in [4.78, 5) is 2.23. The van der Waals surface area contributed by atoms with Crippen LogP contribution >= 0.6 is 12.2 Å². The molecule has 1 aliphatic rings. The van der Waals surface area contributed by atoms with Gasteiger partial charge in [0.25, 0.3) is 0 Å². The third-order valence-electron chi connectivity index (χ3n) is 3.89. The zero-order chi connectivity index (χ0) is 14.7. The Labute approximate surface area is 131 Å². The molecule has 108 valence electrons. The second-order valence-electron chi connectivity index (χ2n) is 5.53. The second-order valence-corrected chi connectivity index (χ2v) is 5.92. The number of nitrogens with one attached hydrogen (secondary N) is 1. The van der Waals surface area contributed by atoms with Gasteiger partial charge < -0.3 is 10.2 Å². The highest BCUT2D eigenvalue weighted by atomic mass is 32.1. The third kappa shape index (κ3) is 3.24. The van der Waals surface area contributed by atoms with E-state index >= 15 is 0 Å². The minimum atomic E-state index is 0.775. The third-order valence-corrected chi connectivity index (χ3v) is 4.25. The Kier molecular flexibility index (Phi) is 4.20. The molecule has 2 aromatic carbocycles. The molecule has 0 unspecified atom stereocenters. The average Bonchev–Trinajstić information content (AvgIpc) is 2.52. The average molecular weight is 296 g/mol. The van der Waals surface area contributed by atoms with Crippen molar-refractivity contribution in [2.24, 2.45) is 0 Å². The number of aryl methyl sites for hydroxylation is 2. The standard InChI is InChI=1S/C18H20N2S/c1-14-9-10-17-16(12-14)8-5-11-20(17)18(21)19-13-15-6-3-2-4-7-15/h2-4,6-7,9-10,12H,5,8,11,13H2,1H3,(H,19,21). The summed E-state index contributed by atoms with van der Waals surface area (Å²) in [5.41, 5.74) is 5.24. The predicted octanol–water partition coefficient (Wildman–Crippen LogP) is 3.82. The van der Waals surface area contributed by atoms with Gasteiger partial charge in [0.2, 0.25) is 0 Å². The van der Waals surface area contributed by atoms with Crippen LogP contribution in [-0.4, -0.2) is 11.7 Å². The number of hydrogen-bond donors (Lipinski definition) is 1. The molecule has 1 N–H and O–H groups in total. The maximum Gasteiger partial charge on any atom is 0.173 e. The van der Waals surface area contributed by atoms with E-state index in [0.29, 0.717) is 0 Å². The van der Waals surface area contributed by atoms with E-state index in [1.807, 2.05) is 6.07 Å². The maximum absolute atomic E-state index is 5.60. The van der Waals surface area contributed by atoms with E-state index in [2.05, 4.69) is 59.6 Å². The van der Waals surface area contributed by atoms with E-state index in [4.69, 9.17) is 12.2 Å². The smallest absolute Gasteiger partial charge is 0.173 e. The van der Waals surface area contributed by atoms with Crippen LogP contribution in [0.3, 0.4) is 0 Å². The zero-order valence-electron chi connectivity index (χ0n) is 12.3. The van der Waals surface area contributed by atoms with Crippen molar-refractivity contribution in [3.8, 4) is 0 Å². The van der Waals surface area contributed by atoms with Gasteiger partial charge in [-0.3, -0.25) is 0 Å². The van der Waals surface area contributed by atoms with Crippen LogP contribution in [0, 0.1) is 6.92 Å². The highest BCUT2D eigenvalue weighted by Crippen LogP contribution is 2.28. The molecular weight excluding hydrogens is 276 g/mol. The van der Waals surface area contributed by atoms with Gasteiger partial charge in [-0.1, -0.05) is 48.0 Å². The fourth-order valence-corrected chi connectivity index (χ4v) is 3.07. The Hall–Kier alpha value is -1.87. The molecule has 21 heavy (non-hydrogen) atoms. The minimum Gasteiger partial charge on any atom is -0.358 e. The molecule has 3 heteroatoms. The normalized spacial score (nSPS) is 13.7. The van der Waals surface area contributed by atoms with E-state index in [1.54, 1.807) is 0 Å². The van der Waals surface area contributed by atoms with Crippen molar-refractivity contribution in [3.63, 3.8) is 0 Å². The fourth-order valence-electron chi connectivity index (χ4n) is 2.81. The molecule has 0 aliphatic carbocycles. The van der Waals surface area contributed by atoms with Crippen LogP contribution in [0.5, 0.6) is 0 Å². The maximum atomic E-state index is 5.60. The molecule has 0 aromatic heterocycles. The molecule has 0 amide bonds. The van der Waals surface area contributed by atoms with E-state index in [1.165, 1.54) is 22.4 Å². The summed E-state index contributed by atoms with van der Waals surface area (Å²) in [5.74, 6) is 0. The SMILES string of the molecule is Cc1ccc2c(c1)CCCN2C(=S)NCc1ccccc1. The number of fused-ring (bicyclic) bond motifs is 1. The van der Waals surface area contributed by atoms with Gasteiger partial charge in [-0.05, 0) is 49.2 Å². The lowest BCUT2D eigenvalue weighted by atomic mass is 10.00. The Morgan fingerprint density at radius 3 is 2.81 bits per heavy atom. The summed E-state index contributed by atoms with van der Waals surface area (Å²) in [6.45, 7) is 3.92. The Morgan fingerprint density at radius 1 is 1.19 bits per heavy atom. The van der Waals surface area contributed by atoms with Gasteiger partial charge in [0.1, 0.15) is 0 Å². The quantitative estimate of drug-likeness (QED) is 0.848. The summed E-state index contributed by atoms with van der Waals surface area (Å²) < 4.78 is 0. The van der Waals surface area contributed by atoms with Crippen LogP contribution < -0.4 is 10.2 Å². The lowest BCUT2D eigenvalue weighted by molar-refractivity contribution is 0.762. The number of nitrogens with zero attached hydrogens (tertiary/aromatic N) is 1. The van der Waals surface area contributed by atoms with Crippen molar-refractivity contribution >= 4 is 23.0 Å². The van der Waals surface area contributed by atoms with Crippen molar-refractivity contribution in [3.05, 3.63) is 65.2 Å². The van der Waals surface area contributed by atoms with Gasteiger partial charge in [-0.2, -0.15) is 0 Å². The van der Waals surface area contributed by atoms with Crippen LogP contribution in [0.4, 0.5) is 5.69 Å². The Balaban J connectivity index is 1.71. The second kappa shape index (κ2) is 6.27.